The number of nitrogens with two attached hydrogens (primary N) is 1. The first-order chi connectivity index (χ1) is 8.59. The standard InChI is InChI=1S/C14H20N2O2/c1-10(16(18)14(15)17)13-9-12(13)8-7-11-5-3-2-4-6-11/h2-6,10,12-13,18H,7-9H2,1H3,(H2,15,17). The van der Waals surface area contributed by atoms with Gasteiger partial charge in [0.1, 0.15) is 0 Å². The predicted molar refractivity (Wildman–Crippen MR) is 69.0 cm³/mol. The second kappa shape index (κ2) is 5.40. The van der Waals surface area contributed by atoms with Crippen LogP contribution in [0.2, 0.25) is 0 Å². The van der Waals surface area contributed by atoms with Gasteiger partial charge < -0.3 is 5.73 Å². The van der Waals surface area contributed by atoms with Gasteiger partial charge in [-0.1, -0.05) is 30.3 Å². The van der Waals surface area contributed by atoms with Crippen molar-refractivity contribution < 1.29 is 10.0 Å². The van der Waals surface area contributed by atoms with Crippen LogP contribution in [0.1, 0.15) is 25.3 Å². The van der Waals surface area contributed by atoms with E-state index >= 15 is 0 Å². The van der Waals surface area contributed by atoms with Gasteiger partial charge >= 0.3 is 6.03 Å². The van der Waals surface area contributed by atoms with E-state index in [9.17, 15) is 10.0 Å². The summed E-state index contributed by atoms with van der Waals surface area (Å²) < 4.78 is 0. The van der Waals surface area contributed by atoms with E-state index in [-0.39, 0.29) is 6.04 Å². The molecule has 1 aromatic carbocycles. The maximum Gasteiger partial charge on any atom is 0.338 e. The fourth-order valence-electron chi connectivity index (χ4n) is 2.57. The number of hydroxylamine groups is 2. The smallest absolute Gasteiger partial charge is 0.338 e. The van der Waals surface area contributed by atoms with Crippen LogP contribution in [0.5, 0.6) is 0 Å². The molecule has 2 rings (SSSR count). The molecule has 98 valence electrons. The minimum absolute atomic E-state index is 0.178. The predicted octanol–water partition coefficient (Wildman–Crippen LogP) is 2.41. The Hall–Kier alpha value is -1.55. The molecule has 3 N–H and O–H groups in total. The molecule has 1 aliphatic carbocycles. The Morgan fingerprint density at radius 2 is 2.17 bits per heavy atom. The average Bonchev–Trinajstić information content (AvgIpc) is 3.15. The van der Waals surface area contributed by atoms with Gasteiger partial charge in [0, 0.05) is 0 Å². The lowest BCUT2D eigenvalue weighted by Gasteiger charge is -2.20. The summed E-state index contributed by atoms with van der Waals surface area (Å²) in [6.07, 6.45) is 3.22. The van der Waals surface area contributed by atoms with Crippen LogP contribution in [0.3, 0.4) is 0 Å². The first kappa shape index (κ1) is 12.9. The van der Waals surface area contributed by atoms with Crippen LogP contribution in [0.15, 0.2) is 30.3 Å². The molecule has 1 aromatic rings. The number of amides is 2. The number of carbonyl (C=O) groups excluding carboxylic acids is 1. The number of benzene rings is 1. The number of carbonyl (C=O) groups is 1. The lowest BCUT2D eigenvalue weighted by atomic mass is 10.0. The fourth-order valence-corrected chi connectivity index (χ4v) is 2.57. The van der Waals surface area contributed by atoms with Gasteiger partial charge in [-0.15, -0.1) is 0 Å². The highest BCUT2D eigenvalue weighted by molar-refractivity contribution is 5.70. The summed E-state index contributed by atoms with van der Waals surface area (Å²) in [5.74, 6) is 0.973. The third kappa shape index (κ3) is 3.01. The van der Waals surface area contributed by atoms with E-state index in [1.54, 1.807) is 0 Å². The number of hydrogen-bond acceptors (Lipinski definition) is 2. The highest BCUT2D eigenvalue weighted by Gasteiger charge is 2.43. The highest BCUT2D eigenvalue weighted by atomic mass is 16.5. The van der Waals surface area contributed by atoms with Crippen LogP contribution in [-0.2, 0) is 6.42 Å². The van der Waals surface area contributed by atoms with Crippen molar-refractivity contribution in [2.75, 3.05) is 0 Å². The van der Waals surface area contributed by atoms with Crippen molar-refractivity contribution in [1.29, 1.82) is 0 Å². The molecule has 3 unspecified atom stereocenters. The lowest BCUT2D eigenvalue weighted by molar-refractivity contribution is -0.0769. The van der Waals surface area contributed by atoms with Crippen molar-refractivity contribution in [3.63, 3.8) is 0 Å². The summed E-state index contributed by atoms with van der Waals surface area (Å²) in [7, 11) is 0. The Kier molecular flexibility index (Phi) is 3.87. The molecule has 0 saturated heterocycles. The third-order valence-electron chi connectivity index (χ3n) is 3.86. The van der Waals surface area contributed by atoms with Gasteiger partial charge in [-0.3, -0.25) is 5.21 Å². The van der Waals surface area contributed by atoms with Crippen molar-refractivity contribution in [1.82, 2.24) is 5.06 Å². The SMILES string of the molecule is CC(C1CC1CCc1ccccc1)N(O)C(N)=O. The molecule has 1 aliphatic rings. The van der Waals surface area contributed by atoms with Crippen LogP contribution in [0.4, 0.5) is 4.79 Å². The number of aryl methyl sites for hydroxylation is 1. The first-order valence-electron chi connectivity index (χ1n) is 6.41. The number of nitrogens with zero attached hydrogens (tertiary/aromatic N) is 1. The van der Waals surface area contributed by atoms with Crippen molar-refractivity contribution in [2.24, 2.45) is 17.6 Å². The molecule has 0 spiro atoms. The Morgan fingerprint density at radius 3 is 2.78 bits per heavy atom. The van der Waals surface area contributed by atoms with Crippen LogP contribution >= 0.6 is 0 Å². The molecule has 18 heavy (non-hydrogen) atoms. The van der Waals surface area contributed by atoms with E-state index in [2.05, 4.69) is 12.1 Å². The highest BCUT2D eigenvalue weighted by Crippen LogP contribution is 2.45. The lowest BCUT2D eigenvalue weighted by Crippen LogP contribution is -2.40. The fraction of sp³-hybridized carbons (Fsp3) is 0.500. The molecular weight excluding hydrogens is 228 g/mol. The summed E-state index contributed by atoms with van der Waals surface area (Å²) in [5.41, 5.74) is 6.39. The summed E-state index contributed by atoms with van der Waals surface area (Å²) in [5, 5.41) is 10.1. The molecule has 4 nitrogen and oxygen atoms in total. The zero-order valence-corrected chi connectivity index (χ0v) is 10.6. The number of rotatable bonds is 5. The van der Waals surface area contributed by atoms with E-state index in [4.69, 9.17) is 5.73 Å². The van der Waals surface area contributed by atoms with Crippen molar-refractivity contribution >= 4 is 6.03 Å². The minimum Gasteiger partial charge on any atom is -0.350 e. The molecule has 2 amide bonds. The molecular formula is C14H20N2O2. The van der Waals surface area contributed by atoms with Gasteiger partial charge in [0.2, 0.25) is 0 Å². The molecule has 0 bridgehead atoms. The quantitative estimate of drug-likeness (QED) is 0.620. The maximum atomic E-state index is 10.9. The Morgan fingerprint density at radius 1 is 1.50 bits per heavy atom. The van der Waals surface area contributed by atoms with Crippen molar-refractivity contribution in [3.05, 3.63) is 35.9 Å². The van der Waals surface area contributed by atoms with Gasteiger partial charge in [-0.25, -0.2) is 9.86 Å². The maximum absolute atomic E-state index is 10.9. The van der Waals surface area contributed by atoms with Crippen LogP contribution in [0.25, 0.3) is 0 Å². The molecule has 4 heteroatoms. The topological polar surface area (TPSA) is 66.6 Å². The molecule has 0 heterocycles. The van der Waals surface area contributed by atoms with Crippen molar-refractivity contribution in [3.8, 4) is 0 Å². The Balaban J connectivity index is 1.77. The normalized spacial score (nSPS) is 23.4. The second-order valence-corrected chi connectivity index (χ2v) is 5.11. The molecule has 3 atom stereocenters. The number of hydrogen-bond donors (Lipinski definition) is 2. The van der Waals surface area contributed by atoms with Gasteiger partial charge in [0.25, 0.3) is 0 Å². The zero-order valence-electron chi connectivity index (χ0n) is 10.6. The summed E-state index contributed by atoms with van der Waals surface area (Å²) in [6.45, 7) is 1.85. The monoisotopic (exact) mass is 248 g/mol. The molecule has 0 aliphatic heterocycles. The summed E-state index contributed by atoms with van der Waals surface area (Å²) in [6, 6.07) is 9.42. The zero-order chi connectivity index (χ0) is 13.1. The van der Waals surface area contributed by atoms with Crippen LogP contribution < -0.4 is 5.73 Å². The van der Waals surface area contributed by atoms with Gasteiger partial charge in [-0.2, -0.15) is 0 Å². The third-order valence-corrected chi connectivity index (χ3v) is 3.86. The minimum atomic E-state index is -0.767. The van der Waals surface area contributed by atoms with E-state index < -0.39 is 6.03 Å². The van der Waals surface area contributed by atoms with E-state index in [0.717, 1.165) is 19.3 Å². The van der Waals surface area contributed by atoms with E-state index in [1.165, 1.54) is 5.56 Å². The second-order valence-electron chi connectivity index (χ2n) is 5.11. The van der Waals surface area contributed by atoms with Crippen molar-refractivity contribution in [2.45, 2.75) is 32.2 Å². The van der Waals surface area contributed by atoms with Gasteiger partial charge in [-0.05, 0) is 43.6 Å². The molecule has 0 aromatic heterocycles. The van der Waals surface area contributed by atoms with Crippen LogP contribution in [0, 0.1) is 11.8 Å². The Labute approximate surface area is 107 Å². The number of primary amides is 1. The molecule has 1 fully saturated rings. The Bertz CT molecular complexity index is 408. The summed E-state index contributed by atoms with van der Waals surface area (Å²) >= 11 is 0. The van der Waals surface area contributed by atoms with E-state index in [0.29, 0.717) is 16.9 Å². The van der Waals surface area contributed by atoms with E-state index in [1.807, 2.05) is 25.1 Å². The molecule has 0 radical (unpaired) electrons. The summed E-state index contributed by atoms with van der Waals surface area (Å²) in [4.78, 5) is 10.9. The first-order valence-corrected chi connectivity index (χ1v) is 6.41. The molecule has 1 saturated carbocycles. The number of urea groups is 1. The van der Waals surface area contributed by atoms with Gasteiger partial charge in [0.15, 0.2) is 0 Å². The average molecular weight is 248 g/mol. The van der Waals surface area contributed by atoms with Gasteiger partial charge in [0.05, 0.1) is 6.04 Å². The largest absolute Gasteiger partial charge is 0.350 e. The van der Waals surface area contributed by atoms with Crippen LogP contribution in [-0.4, -0.2) is 22.3 Å².